The minimum atomic E-state index is -0.587. The Kier molecular flexibility index (Phi) is 1.99. The fourth-order valence-corrected chi connectivity index (χ4v) is 2.09. The number of β-lactam (4-membered cyclic amide) rings is 1. The second kappa shape index (κ2) is 3.06. The largest absolute Gasteiger partial charge is 0.375 e. The second-order valence-electron chi connectivity index (χ2n) is 3.19. The van der Waals surface area contributed by atoms with Gasteiger partial charge in [0.05, 0.1) is 11.7 Å². The Morgan fingerprint density at radius 3 is 2.86 bits per heavy atom. The normalized spacial score (nSPS) is 25.4. The molecule has 2 heterocycles. The molecule has 0 aliphatic carbocycles. The van der Waals surface area contributed by atoms with Gasteiger partial charge in [0, 0.05) is 5.38 Å². The fourth-order valence-electron chi connectivity index (χ4n) is 1.49. The molecule has 1 saturated heterocycles. The quantitative estimate of drug-likeness (QED) is 0.536. The molecule has 0 spiro atoms. The monoisotopic (exact) mass is 211 g/mol. The molecule has 2 unspecified atom stereocenters. The van der Waals surface area contributed by atoms with Gasteiger partial charge in [-0.25, -0.2) is 4.98 Å². The number of anilines is 1. The van der Waals surface area contributed by atoms with Gasteiger partial charge in [-0.3, -0.25) is 9.59 Å². The molecule has 0 saturated carbocycles. The molecule has 5 nitrogen and oxygen atoms in total. The summed E-state index contributed by atoms with van der Waals surface area (Å²) in [4.78, 5) is 26.2. The average molecular weight is 211 g/mol. The minimum absolute atomic E-state index is 0.134. The molecule has 0 radical (unpaired) electrons. The predicted octanol–water partition coefficient (Wildman–Crippen LogP) is 0.101. The van der Waals surface area contributed by atoms with Crippen molar-refractivity contribution in [3.8, 4) is 0 Å². The molecule has 0 bridgehead atoms. The van der Waals surface area contributed by atoms with Crippen molar-refractivity contribution in [1.29, 1.82) is 0 Å². The lowest BCUT2D eigenvalue weighted by atomic mass is 9.85. The summed E-state index contributed by atoms with van der Waals surface area (Å²) in [5, 5.41) is 4.84. The number of nitrogens with zero attached hydrogens (tertiary/aromatic N) is 1. The number of rotatable bonds is 2. The number of ketones is 1. The third-order valence-corrected chi connectivity index (χ3v) is 2.90. The lowest BCUT2D eigenvalue weighted by molar-refractivity contribution is -0.142. The van der Waals surface area contributed by atoms with Crippen LogP contribution >= 0.6 is 11.3 Å². The SMILES string of the molecule is CC(=O)C1C(=O)NC1c1csc(N)n1. The van der Waals surface area contributed by atoms with Gasteiger partial charge in [0.1, 0.15) is 11.7 Å². The Morgan fingerprint density at radius 2 is 2.43 bits per heavy atom. The van der Waals surface area contributed by atoms with Gasteiger partial charge in [-0.1, -0.05) is 0 Å². The van der Waals surface area contributed by atoms with Crippen molar-refractivity contribution in [1.82, 2.24) is 10.3 Å². The van der Waals surface area contributed by atoms with Crippen LogP contribution in [0.5, 0.6) is 0 Å². The van der Waals surface area contributed by atoms with Crippen LogP contribution in [0.25, 0.3) is 0 Å². The Hall–Kier alpha value is -1.43. The zero-order chi connectivity index (χ0) is 10.3. The van der Waals surface area contributed by atoms with E-state index in [0.717, 1.165) is 0 Å². The van der Waals surface area contributed by atoms with Crippen molar-refractivity contribution in [2.45, 2.75) is 13.0 Å². The molecule has 1 fully saturated rings. The van der Waals surface area contributed by atoms with E-state index in [1.165, 1.54) is 18.3 Å². The van der Waals surface area contributed by atoms with E-state index in [1.807, 2.05) is 0 Å². The molecule has 2 atom stereocenters. The molecule has 1 aromatic rings. The number of thiazole rings is 1. The highest BCUT2D eigenvalue weighted by atomic mass is 32.1. The smallest absolute Gasteiger partial charge is 0.233 e. The Balaban J connectivity index is 2.21. The summed E-state index contributed by atoms with van der Waals surface area (Å²) in [7, 11) is 0. The third kappa shape index (κ3) is 1.27. The zero-order valence-corrected chi connectivity index (χ0v) is 8.30. The first-order valence-corrected chi connectivity index (χ1v) is 4.99. The first-order chi connectivity index (χ1) is 6.59. The highest BCUT2D eigenvalue weighted by Gasteiger charge is 2.44. The van der Waals surface area contributed by atoms with Gasteiger partial charge in [-0.2, -0.15) is 0 Å². The van der Waals surface area contributed by atoms with Crippen molar-refractivity contribution < 1.29 is 9.59 Å². The molecule has 1 aromatic heterocycles. The maximum Gasteiger partial charge on any atom is 0.233 e. The molecule has 14 heavy (non-hydrogen) atoms. The number of nitrogen functional groups attached to an aromatic ring is 1. The molecule has 6 heteroatoms. The van der Waals surface area contributed by atoms with Crippen molar-refractivity contribution in [3.05, 3.63) is 11.1 Å². The Labute approximate surface area is 84.3 Å². The van der Waals surface area contributed by atoms with E-state index in [2.05, 4.69) is 10.3 Å². The first-order valence-electron chi connectivity index (χ1n) is 4.11. The van der Waals surface area contributed by atoms with Crippen LogP contribution in [0.1, 0.15) is 18.7 Å². The predicted molar refractivity (Wildman–Crippen MR) is 51.6 cm³/mol. The van der Waals surface area contributed by atoms with E-state index in [0.29, 0.717) is 10.8 Å². The van der Waals surface area contributed by atoms with Crippen LogP contribution < -0.4 is 11.1 Å². The first kappa shape index (κ1) is 9.14. The van der Waals surface area contributed by atoms with Crippen molar-refractivity contribution >= 4 is 28.2 Å². The van der Waals surface area contributed by atoms with E-state index in [9.17, 15) is 9.59 Å². The van der Waals surface area contributed by atoms with Gasteiger partial charge in [-0.05, 0) is 6.92 Å². The van der Waals surface area contributed by atoms with Crippen LogP contribution in [0.4, 0.5) is 5.13 Å². The molecule has 1 aliphatic rings. The Bertz CT molecular complexity index is 393. The third-order valence-electron chi connectivity index (χ3n) is 2.21. The van der Waals surface area contributed by atoms with Gasteiger partial charge in [0.25, 0.3) is 0 Å². The number of aromatic nitrogens is 1. The highest BCUT2D eigenvalue weighted by molar-refractivity contribution is 7.13. The van der Waals surface area contributed by atoms with Crippen LogP contribution in [0.15, 0.2) is 5.38 Å². The van der Waals surface area contributed by atoms with E-state index in [1.54, 1.807) is 5.38 Å². The summed E-state index contributed by atoms with van der Waals surface area (Å²) < 4.78 is 0. The van der Waals surface area contributed by atoms with E-state index in [-0.39, 0.29) is 17.7 Å². The van der Waals surface area contributed by atoms with Crippen molar-refractivity contribution in [2.24, 2.45) is 5.92 Å². The molecule has 2 rings (SSSR count). The standard InChI is InChI=1S/C8H9N3O2S/c1-3(12)5-6(11-7(5)13)4-2-14-8(9)10-4/h2,5-6H,1H3,(H2,9,10)(H,11,13). The maximum absolute atomic E-state index is 11.1. The summed E-state index contributed by atoms with van der Waals surface area (Å²) >= 11 is 1.30. The molecular formula is C8H9N3O2S. The summed E-state index contributed by atoms with van der Waals surface area (Å²) in [6.07, 6.45) is 0. The van der Waals surface area contributed by atoms with Crippen LogP contribution in [0.2, 0.25) is 0 Å². The van der Waals surface area contributed by atoms with Gasteiger partial charge >= 0.3 is 0 Å². The summed E-state index contributed by atoms with van der Waals surface area (Å²) in [6, 6.07) is -0.284. The van der Waals surface area contributed by atoms with Crippen LogP contribution in [-0.4, -0.2) is 16.7 Å². The lowest BCUT2D eigenvalue weighted by Gasteiger charge is -2.33. The molecule has 3 N–H and O–H groups in total. The van der Waals surface area contributed by atoms with Gasteiger partial charge in [0.2, 0.25) is 5.91 Å². The van der Waals surface area contributed by atoms with E-state index < -0.39 is 5.92 Å². The summed E-state index contributed by atoms with van der Waals surface area (Å²) in [5.74, 6) is -0.948. The number of hydrogen-bond acceptors (Lipinski definition) is 5. The zero-order valence-electron chi connectivity index (χ0n) is 7.48. The van der Waals surface area contributed by atoms with E-state index in [4.69, 9.17) is 5.73 Å². The molecular weight excluding hydrogens is 202 g/mol. The van der Waals surface area contributed by atoms with E-state index >= 15 is 0 Å². The lowest BCUT2D eigenvalue weighted by Crippen LogP contribution is -2.54. The molecule has 1 amide bonds. The van der Waals surface area contributed by atoms with Crippen molar-refractivity contribution in [2.75, 3.05) is 5.73 Å². The van der Waals surface area contributed by atoms with Crippen LogP contribution in [-0.2, 0) is 9.59 Å². The van der Waals surface area contributed by atoms with Gasteiger partial charge in [-0.15, -0.1) is 11.3 Å². The summed E-state index contributed by atoms with van der Waals surface area (Å²) in [5.41, 5.74) is 6.13. The molecule has 0 aromatic carbocycles. The average Bonchev–Trinajstić information content (AvgIpc) is 2.45. The molecule has 1 aliphatic heterocycles. The number of Topliss-reactive ketones (excluding diaryl/α,β-unsaturated/α-hetero) is 1. The number of carbonyl (C=O) groups is 2. The Morgan fingerprint density at radius 1 is 1.71 bits per heavy atom. The van der Waals surface area contributed by atoms with Crippen LogP contribution in [0.3, 0.4) is 0 Å². The number of nitrogens with one attached hydrogen (secondary N) is 1. The molecule has 74 valence electrons. The highest BCUT2D eigenvalue weighted by Crippen LogP contribution is 2.32. The summed E-state index contributed by atoms with van der Waals surface area (Å²) in [6.45, 7) is 1.41. The number of nitrogens with two attached hydrogens (primary N) is 1. The van der Waals surface area contributed by atoms with Gasteiger partial charge < -0.3 is 11.1 Å². The maximum atomic E-state index is 11.1. The second-order valence-corrected chi connectivity index (χ2v) is 4.07. The fraction of sp³-hybridized carbons (Fsp3) is 0.375. The number of hydrogen-bond donors (Lipinski definition) is 2. The minimum Gasteiger partial charge on any atom is -0.375 e. The number of carbonyl (C=O) groups excluding carboxylic acids is 2. The van der Waals surface area contributed by atoms with Crippen molar-refractivity contribution in [3.63, 3.8) is 0 Å². The van der Waals surface area contributed by atoms with Gasteiger partial charge in [0.15, 0.2) is 5.13 Å². The van der Waals surface area contributed by atoms with Crippen LogP contribution in [0, 0.1) is 5.92 Å². The number of amides is 1. The topological polar surface area (TPSA) is 85.1 Å².